The Labute approximate surface area is 106 Å². The van der Waals surface area contributed by atoms with Crippen molar-refractivity contribution in [2.75, 3.05) is 0 Å². The van der Waals surface area contributed by atoms with Crippen LogP contribution in [0.4, 0.5) is 4.39 Å². The van der Waals surface area contributed by atoms with E-state index in [2.05, 4.69) is 4.72 Å². The maximum absolute atomic E-state index is 13.3. The van der Waals surface area contributed by atoms with Crippen molar-refractivity contribution in [1.82, 2.24) is 4.72 Å². The lowest BCUT2D eigenvalue weighted by molar-refractivity contribution is 0.574. The van der Waals surface area contributed by atoms with E-state index in [9.17, 15) is 12.8 Å². The summed E-state index contributed by atoms with van der Waals surface area (Å²) in [7, 11) is -3.56. The Morgan fingerprint density at radius 1 is 1.50 bits per heavy atom. The highest BCUT2D eigenvalue weighted by atomic mass is 32.2. The summed E-state index contributed by atoms with van der Waals surface area (Å²) < 4.78 is 40.0. The number of benzene rings is 1. The molecule has 0 bridgehead atoms. The van der Waals surface area contributed by atoms with Crippen molar-refractivity contribution in [3.8, 4) is 0 Å². The van der Waals surface area contributed by atoms with Gasteiger partial charge in [0.05, 0.1) is 4.90 Å². The summed E-state index contributed by atoms with van der Waals surface area (Å²) in [6, 6.07) is 3.72. The number of sulfonamides is 1. The van der Waals surface area contributed by atoms with Gasteiger partial charge < -0.3 is 5.73 Å². The third-order valence-electron chi connectivity index (χ3n) is 3.30. The van der Waals surface area contributed by atoms with Crippen LogP contribution in [-0.2, 0) is 16.6 Å². The van der Waals surface area contributed by atoms with E-state index in [1.54, 1.807) is 0 Å². The van der Waals surface area contributed by atoms with Crippen LogP contribution in [0.25, 0.3) is 0 Å². The second kappa shape index (κ2) is 4.95. The zero-order valence-electron chi connectivity index (χ0n) is 10.2. The van der Waals surface area contributed by atoms with Crippen molar-refractivity contribution in [3.05, 3.63) is 29.6 Å². The molecule has 2 rings (SSSR count). The van der Waals surface area contributed by atoms with Gasteiger partial charge in [0.15, 0.2) is 0 Å². The molecule has 0 saturated heterocycles. The SMILES string of the molecule is CCC1CC1NS(=O)(=O)c1ccc(F)c(CN)c1. The molecule has 1 aromatic carbocycles. The molecular formula is C12H17FN2O2S. The molecule has 3 N–H and O–H groups in total. The molecule has 0 spiro atoms. The Kier molecular flexibility index (Phi) is 3.70. The summed E-state index contributed by atoms with van der Waals surface area (Å²) in [5.41, 5.74) is 5.57. The van der Waals surface area contributed by atoms with Crippen LogP contribution >= 0.6 is 0 Å². The van der Waals surface area contributed by atoms with Crippen LogP contribution in [0.2, 0.25) is 0 Å². The van der Waals surface area contributed by atoms with Crippen LogP contribution < -0.4 is 10.5 Å². The van der Waals surface area contributed by atoms with E-state index >= 15 is 0 Å². The summed E-state index contributed by atoms with van der Waals surface area (Å²) in [5.74, 6) is -0.0523. The fourth-order valence-corrected chi connectivity index (χ4v) is 3.35. The Morgan fingerprint density at radius 3 is 2.78 bits per heavy atom. The van der Waals surface area contributed by atoms with E-state index in [-0.39, 0.29) is 23.0 Å². The third kappa shape index (κ3) is 2.71. The molecule has 2 unspecified atom stereocenters. The maximum atomic E-state index is 13.3. The Morgan fingerprint density at radius 2 is 2.22 bits per heavy atom. The standard InChI is InChI=1S/C12H17FN2O2S/c1-2-8-6-12(8)15-18(16,17)10-3-4-11(13)9(5-10)7-14/h3-5,8,12,15H,2,6-7,14H2,1H3. The molecule has 18 heavy (non-hydrogen) atoms. The van der Waals surface area contributed by atoms with E-state index in [1.807, 2.05) is 6.92 Å². The summed E-state index contributed by atoms with van der Waals surface area (Å²) in [6.07, 6.45) is 1.84. The smallest absolute Gasteiger partial charge is 0.240 e. The fourth-order valence-electron chi connectivity index (χ4n) is 1.99. The van der Waals surface area contributed by atoms with Gasteiger partial charge in [-0.1, -0.05) is 13.3 Å². The first kappa shape index (κ1) is 13.5. The molecule has 0 aromatic heterocycles. The zero-order chi connectivity index (χ0) is 13.3. The number of halogens is 1. The Hall–Kier alpha value is -0.980. The minimum absolute atomic E-state index is 0.0177. The predicted molar refractivity (Wildman–Crippen MR) is 66.8 cm³/mol. The number of hydrogen-bond acceptors (Lipinski definition) is 3. The molecule has 0 aliphatic heterocycles. The highest BCUT2D eigenvalue weighted by molar-refractivity contribution is 7.89. The quantitative estimate of drug-likeness (QED) is 0.850. The van der Waals surface area contributed by atoms with Gasteiger partial charge in [0.1, 0.15) is 5.82 Å². The lowest BCUT2D eigenvalue weighted by atomic mass is 10.2. The van der Waals surface area contributed by atoms with Gasteiger partial charge in [-0.05, 0) is 30.5 Å². The second-order valence-corrected chi connectivity index (χ2v) is 6.30. The van der Waals surface area contributed by atoms with Crippen LogP contribution in [0.1, 0.15) is 25.3 Å². The molecule has 1 aliphatic rings. The monoisotopic (exact) mass is 272 g/mol. The molecule has 1 fully saturated rings. The fraction of sp³-hybridized carbons (Fsp3) is 0.500. The maximum Gasteiger partial charge on any atom is 0.240 e. The summed E-state index contributed by atoms with van der Waals surface area (Å²) >= 11 is 0. The number of nitrogens with one attached hydrogen (secondary N) is 1. The molecule has 0 heterocycles. The average Bonchev–Trinajstić information content (AvgIpc) is 3.07. The predicted octanol–water partition coefficient (Wildman–Crippen LogP) is 1.36. The minimum atomic E-state index is -3.56. The molecule has 1 aliphatic carbocycles. The van der Waals surface area contributed by atoms with Gasteiger partial charge in [0, 0.05) is 18.2 Å². The van der Waals surface area contributed by atoms with Crippen LogP contribution in [-0.4, -0.2) is 14.5 Å². The Bertz CT molecular complexity index is 545. The van der Waals surface area contributed by atoms with Crippen LogP contribution in [0.3, 0.4) is 0 Å². The van der Waals surface area contributed by atoms with E-state index in [0.29, 0.717) is 5.92 Å². The highest BCUT2D eigenvalue weighted by Gasteiger charge is 2.38. The van der Waals surface area contributed by atoms with Crippen LogP contribution in [0.15, 0.2) is 23.1 Å². The van der Waals surface area contributed by atoms with Gasteiger partial charge in [-0.25, -0.2) is 17.5 Å². The van der Waals surface area contributed by atoms with Crippen molar-refractivity contribution in [2.24, 2.45) is 11.7 Å². The van der Waals surface area contributed by atoms with Crippen molar-refractivity contribution in [3.63, 3.8) is 0 Å². The van der Waals surface area contributed by atoms with Gasteiger partial charge in [0.2, 0.25) is 10.0 Å². The van der Waals surface area contributed by atoms with E-state index in [1.165, 1.54) is 12.1 Å². The molecular weight excluding hydrogens is 255 g/mol. The zero-order valence-corrected chi connectivity index (χ0v) is 11.0. The molecule has 4 nitrogen and oxygen atoms in total. The average molecular weight is 272 g/mol. The number of hydrogen-bond donors (Lipinski definition) is 2. The third-order valence-corrected chi connectivity index (χ3v) is 4.79. The lowest BCUT2D eigenvalue weighted by Gasteiger charge is -2.08. The number of nitrogens with two attached hydrogens (primary N) is 1. The molecule has 0 radical (unpaired) electrons. The topological polar surface area (TPSA) is 72.2 Å². The number of rotatable bonds is 5. The first-order valence-electron chi connectivity index (χ1n) is 5.98. The molecule has 6 heteroatoms. The first-order chi connectivity index (χ1) is 8.47. The van der Waals surface area contributed by atoms with Gasteiger partial charge in [0.25, 0.3) is 0 Å². The molecule has 0 amide bonds. The van der Waals surface area contributed by atoms with E-state index in [4.69, 9.17) is 5.73 Å². The highest BCUT2D eigenvalue weighted by Crippen LogP contribution is 2.34. The Balaban J connectivity index is 2.19. The van der Waals surface area contributed by atoms with Gasteiger partial charge in [-0.15, -0.1) is 0 Å². The van der Waals surface area contributed by atoms with Gasteiger partial charge in [-0.2, -0.15) is 0 Å². The summed E-state index contributed by atoms with van der Waals surface area (Å²) in [4.78, 5) is 0.0751. The van der Waals surface area contributed by atoms with Crippen molar-refractivity contribution in [2.45, 2.75) is 37.2 Å². The molecule has 2 atom stereocenters. The van der Waals surface area contributed by atoms with Crippen LogP contribution in [0, 0.1) is 11.7 Å². The van der Waals surface area contributed by atoms with E-state index in [0.717, 1.165) is 18.9 Å². The first-order valence-corrected chi connectivity index (χ1v) is 7.47. The molecule has 100 valence electrons. The summed E-state index contributed by atoms with van der Waals surface area (Å²) in [6.45, 7) is 2.01. The van der Waals surface area contributed by atoms with Crippen molar-refractivity contribution in [1.29, 1.82) is 0 Å². The van der Waals surface area contributed by atoms with Crippen molar-refractivity contribution < 1.29 is 12.8 Å². The lowest BCUT2D eigenvalue weighted by Crippen LogP contribution is -2.27. The summed E-state index contributed by atoms with van der Waals surface area (Å²) in [5, 5.41) is 0. The largest absolute Gasteiger partial charge is 0.326 e. The van der Waals surface area contributed by atoms with Gasteiger partial charge in [-0.3, -0.25) is 0 Å². The van der Waals surface area contributed by atoms with Crippen molar-refractivity contribution >= 4 is 10.0 Å². The van der Waals surface area contributed by atoms with E-state index < -0.39 is 15.8 Å². The minimum Gasteiger partial charge on any atom is -0.326 e. The van der Waals surface area contributed by atoms with Crippen LogP contribution in [0.5, 0.6) is 0 Å². The second-order valence-electron chi connectivity index (χ2n) is 4.59. The molecule has 1 saturated carbocycles. The normalized spacial score (nSPS) is 23.1. The van der Waals surface area contributed by atoms with Gasteiger partial charge >= 0.3 is 0 Å². The molecule has 1 aromatic rings.